The second-order valence-corrected chi connectivity index (χ2v) is 8.00. The number of halogens is 1. The number of hydrogen-bond donors (Lipinski definition) is 0. The number of aryl methyl sites for hydroxylation is 1. The highest BCUT2D eigenvalue weighted by molar-refractivity contribution is 9.10. The Hall–Kier alpha value is -1.58. The Labute approximate surface area is 155 Å². The van der Waals surface area contributed by atoms with Crippen LogP contribution < -0.4 is 4.74 Å². The van der Waals surface area contributed by atoms with E-state index in [1.54, 1.807) is 26.0 Å². The largest absolute Gasteiger partial charge is 0.494 e. The van der Waals surface area contributed by atoms with E-state index < -0.39 is 10.9 Å². The van der Waals surface area contributed by atoms with E-state index in [2.05, 4.69) is 15.9 Å². The Balaban J connectivity index is 2.46. The molecule has 24 heavy (non-hydrogen) atoms. The number of carbonyl (C=O) groups excluding carboxylic acids is 1. The summed E-state index contributed by atoms with van der Waals surface area (Å²) in [7, 11) is 1.46. The lowest BCUT2D eigenvalue weighted by atomic mass is 10.2. The molecule has 1 heterocycles. The van der Waals surface area contributed by atoms with Crippen LogP contribution in [0.5, 0.6) is 5.75 Å². The van der Waals surface area contributed by atoms with Crippen molar-refractivity contribution in [2.75, 3.05) is 13.7 Å². The Bertz CT molecular complexity index is 790. The van der Waals surface area contributed by atoms with Gasteiger partial charge in [-0.1, -0.05) is 27.7 Å². The molecule has 0 amide bonds. The van der Waals surface area contributed by atoms with Gasteiger partial charge in [0.25, 0.3) is 5.69 Å². The number of nitro groups is 1. The number of rotatable bonds is 6. The Morgan fingerprint density at radius 3 is 2.75 bits per heavy atom. The molecular weight excluding hydrogens is 418 g/mol. The minimum absolute atomic E-state index is 0.0137. The molecule has 0 fully saturated rings. The summed E-state index contributed by atoms with van der Waals surface area (Å²) < 4.78 is 11.7. The lowest BCUT2D eigenvalue weighted by Crippen LogP contribution is -2.06. The Kier molecular flexibility index (Phi) is 6.25. The van der Waals surface area contributed by atoms with Crippen molar-refractivity contribution in [1.29, 1.82) is 0 Å². The molecule has 0 N–H and O–H groups in total. The predicted octanol–water partition coefficient (Wildman–Crippen LogP) is 5.06. The monoisotopic (exact) mass is 431 g/mol. The third-order valence-electron chi connectivity index (χ3n) is 3.01. The molecule has 0 bridgehead atoms. The minimum Gasteiger partial charge on any atom is -0.494 e. The highest BCUT2D eigenvalue weighted by atomic mass is 79.9. The Morgan fingerprint density at radius 2 is 2.17 bits per heavy atom. The molecule has 0 unspecified atom stereocenters. The van der Waals surface area contributed by atoms with E-state index in [0.717, 1.165) is 4.88 Å². The number of hydrogen-bond acceptors (Lipinski definition) is 7. The molecule has 1 aromatic heterocycles. The SMILES string of the molecule is CCOC(=O)c1c(C)sc(Sc2ccc(Br)cc2[N+](=O)[O-])c1OC. The number of benzene rings is 1. The van der Waals surface area contributed by atoms with Gasteiger partial charge in [-0.25, -0.2) is 4.79 Å². The lowest BCUT2D eigenvalue weighted by Gasteiger charge is -2.07. The molecule has 0 atom stereocenters. The third-order valence-corrected chi connectivity index (χ3v) is 5.82. The van der Waals surface area contributed by atoms with Crippen LogP contribution in [-0.2, 0) is 4.74 Å². The van der Waals surface area contributed by atoms with Crippen LogP contribution in [0.1, 0.15) is 22.2 Å². The molecule has 0 aliphatic rings. The van der Waals surface area contributed by atoms with Gasteiger partial charge >= 0.3 is 5.97 Å². The van der Waals surface area contributed by atoms with E-state index in [1.807, 2.05) is 0 Å². The summed E-state index contributed by atoms with van der Waals surface area (Å²) in [4.78, 5) is 24.1. The maximum Gasteiger partial charge on any atom is 0.343 e. The second kappa shape index (κ2) is 8.00. The Morgan fingerprint density at radius 1 is 1.46 bits per heavy atom. The highest BCUT2D eigenvalue weighted by Crippen LogP contribution is 2.47. The van der Waals surface area contributed by atoms with Crippen LogP contribution in [0.25, 0.3) is 0 Å². The van der Waals surface area contributed by atoms with Gasteiger partial charge in [0.15, 0.2) is 5.75 Å². The number of nitro benzene ring substituents is 1. The van der Waals surface area contributed by atoms with E-state index in [9.17, 15) is 14.9 Å². The van der Waals surface area contributed by atoms with Crippen molar-refractivity contribution in [2.45, 2.75) is 23.0 Å². The molecule has 0 radical (unpaired) electrons. The number of nitrogens with zero attached hydrogens (tertiary/aromatic N) is 1. The van der Waals surface area contributed by atoms with Gasteiger partial charge in [-0.15, -0.1) is 11.3 Å². The van der Waals surface area contributed by atoms with Crippen molar-refractivity contribution < 1.29 is 19.2 Å². The molecule has 9 heteroatoms. The minimum atomic E-state index is -0.458. The number of carbonyl (C=O) groups is 1. The van der Waals surface area contributed by atoms with Gasteiger partial charge in [0.1, 0.15) is 9.77 Å². The summed E-state index contributed by atoms with van der Waals surface area (Å²) in [5, 5.41) is 11.3. The van der Waals surface area contributed by atoms with Crippen LogP contribution in [0, 0.1) is 17.0 Å². The molecule has 2 aromatic rings. The highest BCUT2D eigenvalue weighted by Gasteiger charge is 2.26. The first-order valence-corrected chi connectivity index (χ1v) is 9.27. The quantitative estimate of drug-likeness (QED) is 0.361. The van der Waals surface area contributed by atoms with Gasteiger partial charge in [0, 0.05) is 15.4 Å². The van der Waals surface area contributed by atoms with Gasteiger partial charge in [-0.3, -0.25) is 10.1 Å². The summed E-state index contributed by atoms with van der Waals surface area (Å²) >= 11 is 5.77. The lowest BCUT2D eigenvalue weighted by molar-refractivity contribution is -0.387. The van der Waals surface area contributed by atoms with Crippen LogP contribution in [-0.4, -0.2) is 24.6 Å². The summed E-state index contributed by atoms with van der Waals surface area (Å²) in [5.41, 5.74) is 0.354. The molecule has 1 aromatic carbocycles. The van der Waals surface area contributed by atoms with Crippen LogP contribution in [0.4, 0.5) is 5.69 Å². The zero-order valence-electron chi connectivity index (χ0n) is 13.1. The first-order chi connectivity index (χ1) is 11.4. The fourth-order valence-corrected chi connectivity index (χ4v) is 4.86. The molecule has 0 saturated carbocycles. The zero-order valence-corrected chi connectivity index (χ0v) is 16.3. The standard InChI is InChI=1S/C15H14BrNO5S2/c1-4-22-14(18)12-8(2)23-15(13(12)21-3)24-11-6-5-9(16)7-10(11)17(19)20/h5-7H,4H2,1-3H3. The first-order valence-electron chi connectivity index (χ1n) is 6.85. The van der Waals surface area contributed by atoms with E-state index in [1.165, 1.54) is 36.3 Å². The number of esters is 1. The van der Waals surface area contributed by atoms with Gasteiger partial charge < -0.3 is 9.47 Å². The topological polar surface area (TPSA) is 78.7 Å². The fraction of sp³-hybridized carbons (Fsp3) is 0.267. The maximum absolute atomic E-state index is 12.1. The average molecular weight is 432 g/mol. The van der Waals surface area contributed by atoms with Crippen LogP contribution in [0.3, 0.4) is 0 Å². The summed E-state index contributed by atoms with van der Waals surface area (Å²) in [6.07, 6.45) is 0. The summed E-state index contributed by atoms with van der Waals surface area (Å²) in [5.74, 6) is -0.0709. The molecule has 2 rings (SSSR count). The molecule has 0 aliphatic carbocycles. The molecular formula is C15H14BrNO5S2. The van der Waals surface area contributed by atoms with Gasteiger partial charge in [-0.05, 0) is 26.0 Å². The normalized spacial score (nSPS) is 10.5. The van der Waals surface area contributed by atoms with Gasteiger partial charge in [0.2, 0.25) is 0 Å². The van der Waals surface area contributed by atoms with Crippen molar-refractivity contribution in [3.8, 4) is 5.75 Å². The second-order valence-electron chi connectivity index (χ2n) is 4.55. The average Bonchev–Trinajstić information content (AvgIpc) is 2.84. The summed E-state index contributed by atoms with van der Waals surface area (Å²) in [6.45, 7) is 3.78. The van der Waals surface area contributed by atoms with E-state index in [4.69, 9.17) is 9.47 Å². The smallest absolute Gasteiger partial charge is 0.343 e. The molecule has 128 valence electrons. The van der Waals surface area contributed by atoms with E-state index in [0.29, 0.717) is 24.9 Å². The molecule has 6 nitrogen and oxygen atoms in total. The van der Waals surface area contributed by atoms with Crippen molar-refractivity contribution in [1.82, 2.24) is 0 Å². The van der Waals surface area contributed by atoms with Gasteiger partial charge in [0.05, 0.1) is 23.5 Å². The van der Waals surface area contributed by atoms with Crippen LogP contribution in [0.15, 0.2) is 31.8 Å². The molecule has 0 spiro atoms. The van der Waals surface area contributed by atoms with Crippen molar-refractivity contribution in [2.24, 2.45) is 0 Å². The van der Waals surface area contributed by atoms with Crippen LogP contribution >= 0.6 is 39.0 Å². The molecule has 0 saturated heterocycles. The van der Waals surface area contributed by atoms with E-state index >= 15 is 0 Å². The van der Waals surface area contributed by atoms with Crippen molar-refractivity contribution in [3.63, 3.8) is 0 Å². The van der Waals surface area contributed by atoms with Gasteiger partial charge in [-0.2, -0.15) is 0 Å². The van der Waals surface area contributed by atoms with Crippen LogP contribution in [0.2, 0.25) is 0 Å². The number of methoxy groups -OCH3 is 1. The summed E-state index contributed by atoms with van der Waals surface area (Å²) in [6, 6.07) is 4.83. The fourth-order valence-electron chi connectivity index (χ4n) is 2.01. The van der Waals surface area contributed by atoms with Crippen molar-refractivity contribution in [3.05, 3.63) is 43.2 Å². The predicted molar refractivity (Wildman–Crippen MR) is 96.5 cm³/mol. The number of ether oxygens (including phenoxy) is 2. The van der Waals surface area contributed by atoms with E-state index in [-0.39, 0.29) is 12.3 Å². The third kappa shape index (κ3) is 3.90. The number of thiophene rings is 1. The van der Waals surface area contributed by atoms with Crippen molar-refractivity contribution >= 4 is 50.7 Å². The molecule has 0 aliphatic heterocycles. The zero-order chi connectivity index (χ0) is 17.9. The first kappa shape index (κ1) is 18.8. The maximum atomic E-state index is 12.1.